The van der Waals surface area contributed by atoms with Gasteiger partial charge in [-0.3, -0.25) is 4.90 Å². The molecular weight excluding hydrogens is 250 g/mol. The Morgan fingerprint density at radius 1 is 1.20 bits per heavy atom. The van der Waals surface area contributed by atoms with Crippen LogP contribution in [-0.4, -0.2) is 73.9 Å². The second kappa shape index (κ2) is 6.73. The molecule has 3 fully saturated rings. The molecule has 0 radical (unpaired) electrons. The van der Waals surface area contributed by atoms with Crippen LogP contribution < -0.4 is 5.32 Å². The first-order valence-electron chi connectivity index (χ1n) is 8.52. The van der Waals surface area contributed by atoms with Gasteiger partial charge in [0.2, 0.25) is 0 Å². The fourth-order valence-electron chi connectivity index (χ4n) is 3.93. The SMILES string of the molecule is CC(C)NCC1CCN(CC2CN3CCCC3CO2)C1. The van der Waals surface area contributed by atoms with Crippen LogP contribution >= 0.6 is 0 Å². The Bertz CT molecular complexity index is 310. The molecule has 0 aromatic rings. The van der Waals surface area contributed by atoms with Gasteiger partial charge in [0, 0.05) is 31.7 Å². The highest BCUT2D eigenvalue weighted by Gasteiger charge is 2.34. The summed E-state index contributed by atoms with van der Waals surface area (Å²) < 4.78 is 6.09. The lowest BCUT2D eigenvalue weighted by molar-refractivity contribution is -0.0592. The summed E-state index contributed by atoms with van der Waals surface area (Å²) in [7, 11) is 0. The number of ether oxygens (including phenoxy) is 1. The van der Waals surface area contributed by atoms with E-state index in [-0.39, 0.29) is 0 Å². The third-order valence-corrected chi connectivity index (χ3v) is 5.11. The minimum Gasteiger partial charge on any atom is -0.374 e. The summed E-state index contributed by atoms with van der Waals surface area (Å²) >= 11 is 0. The predicted octanol–water partition coefficient (Wildman–Crippen LogP) is 1.17. The molecule has 0 spiro atoms. The molecule has 0 aromatic heterocycles. The topological polar surface area (TPSA) is 27.7 Å². The van der Waals surface area contributed by atoms with E-state index in [0.717, 1.165) is 31.7 Å². The van der Waals surface area contributed by atoms with E-state index in [4.69, 9.17) is 4.74 Å². The maximum atomic E-state index is 6.09. The Hall–Kier alpha value is -0.160. The lowest BCUT2D eigenvalue weighted by Crippen LogP contribution is -2.49. The van der Waals surface area contributed by atoms with Crippen molar-refractivity contribution in [2.24, 2.45) is 5.92 Å². The van der Waals surface area contributed by atoms with E-state index in [1.54, 1.807) is 0 Å². The minimum absolute atomic E-state index is 0.446. The molecule has 3 aliphatic rings. The standard InChI is InChI=1S/C16H31N3O/c1-13(2)17-8-14-5-7-18(9-14)10-16-11-19-6-3-4-15(19)12-20-16/h13-17H,3-12H2,1-2H3. The summed E-state index contributed by atoms with van der Waals surface area (Å²) in [6.45, 7) is 12.7. The van der Waals surface area contributed by atoms with Crippen molar-refractivity contribution < 1.29 is 4.74 Å². The molecule has 20 heavy (non-hydrogen) atoms. The van der Waals surface area contributed by atoms with E-state index >= 15 is 0 Å². The van der Waals surface area contributed by atoms with Gasteiger partial charge in [0.25, 0.3) is 0 Å². The summed E-state index contributed by atoms with van der Waals surface area (Å²) in [6, 6.07) is 1.34. The van der Waals surface area contributed by atoms with Crippen LogP contribution in [0.15, 0.2) is 0 Å². The van der Waals surface area contributed by atoms with E-state index in [0.29, 0.717) is 12.1 Å². The first-order valence-corrected chi connectivity index (χ1v) is 8.52. The molecule has 0 amide bonds. The largest absolute Gasteiger partial charge is 0.374 e. The number of fused-ring (bicyclic) bond motifs is 1. The van der Waals surface area contributed by atoms with E-state index in [1.165, 1.54) is 45.4 Å². The average Bonchev–Trinajstić information content (AvgIpc) is 3.04. The van der Waals surface area contributed by atoms with Gasteiger partial charge in [-0.05, 0) is 44.8 Å². The van der Waals surface area contributed by atoms with E-state index in [9.17, 15) is 0 Å². The van der Waals surface area contributed by atoms with Crippen LogP contribution in [0, 0.1) is 5.92 Å². The molecule has 0 bridgehead atoms. The van der Waals surface area contributed by atoms with Crippen molar-refractivity contribution in [1.29, 1.82) is 0 Å². The Balaban J connectivity index is 1.38. The maximum absolute atomic E-state index is 6.09. The van der Waals surface area contributed by atoms with Crippen molar-refractivity contribution >= 4 is 0 Å². The number of hydrogen-bond donors (Lipinski definition) is 1. The van der Waals surface area contributed by atoms with Crippen LogP contribution in [0.5, 0.6) is 0 Å². The molecule has 116 valence electrons. The molecule has 3 aliphatic heterocycles. The van der Waals surface area contributed by atoms with Crippen LogP contribution in [0.1, 0.15) is 33.1 Å². The normalized spacial score (nSPS) is 35.9. The van der Waals surface area contributed by atoms with Crippen molar-refractivity contribution in [3.8, 4) is 0 Å². The van der Waals surface area contributed by atoms with Crippen molar-refractivity contribution in [3.05, 3.63) is 0 Å². The zero-order valence-electron chi connectivity index (χ0n) is 13.2. The molecule has 3 atom stereocenters. The highest BCUT2D eigenvalue weighted by Crippen LogP contribution is 2.24. The third kappa shape index (κ3) is 3.73. The Labute approximate surface area is 123 Å². The van der Waals surface area contributed by atoms with Crippen LogP contribution in [0.4, 0.5) is 0 Å². The molecular formula is C16H31N3O. The second-order valence-corrected chi connectivity index (χ2v) is 7.22. The van der Waals surface area contributed by atoms with Gasteiger partial charge < -0.3 is 15.0 Å². The lowest BCUT2D eigenvalue weighted by Gasteiger charge is -2.36. The molecule has 0 aromatic carbocycles. The highest BCUT2D eigenvalue weighted by atomic mass is 16.5. The summed E-state index contributed by atoms with van der Waals surface area (Å²) in [5.41, 5.74) is 0. The minimum atomic E-state index is 0.446. The Morgan fingerprint density at radius 3 is 2.95 bits per heavy atom. The molecule has 4 nitrogen and oxygen atoms in total. The van der Waals surface area contributed by atoms with Gasteiger partial charge in [-0.25, -0.2) is 0 Å². The van der Waals surface area contributed by atoms with E-state index < -0.39 is 0 Å². The lowest BCUT2D eigenvalue weighted by atomic mass is 10.1. The van der Waals surface area contributed by atoms with Gasteiger partial charge in [-0.2, -0.15) is 0 Å². The summed E-state index contributed by atoms with van der Waals surface area (Å²) in [5, 5.41) is 3.58. The highest BCUT2D eigenvalue weighted by molar-refractivity contribution is 4.87. The van der Waals surface area contributed by atoms with Gasteiger partial charge in [0.15, 0.2) is 0 Å². The van der Waals surface area contributed by atoms with Crippen molar-refractivity contribution in [2.75, 3.05) is 45.9 Å². The molecule has 4 heteroatoms. The first kappa shape index (κ1) is 14.8. The molecule has 1 N–H and O–H groups in total. The summed E-state index contributed by atoms with van der Waals surface area (Å²) in [4.78, 5) is 5.27. The number of nitrogens with one attached hydrogen (secondary N) is 1. The van der Waals surface area contributed by atoms with Crippen molar-refractivity contribution in [1.82, 2.24) is 15.1 Å². The third-order valence-electron chi connectivity index (χ3n) is 5.11. The van der Waals surface area contributed by atoms with Crippen molar-refractivity contribution in [2.45, 2.75) is 51.3 Å². The van der Waals surface area contributed by atoms with Crippen LogP contribution in [0.25, 0.3) is 0 Å². The Kier molecular flexibility index (Phi) is 4.97. The van der Waals surface area contributed by atoms with Gasteiger partial charge >= 0.3 is 0 Å². The number of hydrogen-bond acceptors (Lipinski definition) is 4. The second-order valence-electron chi connectivity index (χ2n) is 7.22. The molecule has 0 saturated carbocycles. The zero-order chi connectivity index (χ0) is 13.9. The number of morpholine rings is 1. The fraction of sp³-hybridized carbons (Fsp3) is 1.00. The first-order chi connectivity index (χ1) is 9.70. The zero-order valence-corrected chi connectivity index (χ0v) is 13.2. The van der Waals surface area contributed by atoms with Gasteiger partial charge in [0.05, 0.1) is 12.7 Å². The van der Waals surface area contributed by atoms with E-state index in [1.807, 2.05) is 0 Å². The summed E-state index contributed by atoms with van der Waals surface area (Å²) in [5.74, 6) is 0.834. The molecule has 3 heterocycles. The van der Waals surface area contributed by atoms with Gasteiger partial charge in [-0.1, -0.05) is 13.8 Å². The smallest absolute Gasteiger partial charge is 0.0829 e. The van der Waals surface area contributed by atoms with Crippen LogP contribution in [0.3, 0.4) is 0 Å². The van der Waals surface area contributed by atoms with Crippen LogP contribution in [0.2, 0.25) is 0 Å². The fourth-order valence-corrected chi connectivity index (χ4v) is 3.93. The average molecular weight is 281 g/mol. The molecule has 3 rings (SSSR count). The predicted molar refractivity (Wildman–Crippen MR) is 82.0 cm³/mol. The quantitative estimate of drug-likeness (QED) is 0.819. The maximum Gasteiger partial charge on any atom is 0.0829 e. The van der Waals surface area contributed by atoms with Crippen LogP contribution in [-0.2, 0) is 4.74 Å². The van der Waals surface area contributed by atoms with Crippen molar-refractivity contribution in [3.63, 3.8) is 0 Å². The Morgan fingerprint density at radius 2 is 2.10 bits per heavy atom. The number of likely N-dealkylation sites (tertiary alicyclic amines) is 1. The van der Waals surface area contributed by atoms with E-state index in [2.05, 4.69) is 29.0 Å². The van der Waals surface area contributed by atoms with Gasteiger partial charge in [0.1, 0.15) is 0 Å². The van der Waals surface area contributed by atoms with Gasteiger partial charge in [-0.15, -0.1) is 0 Å². The molecule has 3 unspecified atom stereocenters. The molecule has 0 aliphatic carbocycles. The number of rotatable bonds is 5. The molecule has 3 saturated heterocycles. The number of nitrogens with zero attached hydrogens (tertiary/aromatic N) is 2. The monoisotopic (exact) mass is 281 g/mol. The summed E-state index contributed by atoms with van der Waals surface area (Å²) in [6.07, 6.45) is 4.51.